The van der Waals surface area contributed by atoms with Crippen LogP contribution < -0.4 is 10.6 Å². The molecule has 0 atom stereocenters. The van der Waals surface area contributed by atoms with Gasteiger partial charge in [-0.2, -0.15) is 0 Å². The minimum atomic E-state index is -0.535. The third-order valence-electron chi connectivity index (χ3n) is 4.56. The maximum absolute atomic E-state index is 12.1. The molecule has 1 aromatic carbocycles. The molecule has 0 heterocycles. The molecule has 0 saturated heterocycles. The van der Waals surface area contributed by atoms with Gasteiger partial charge >= 0.3 is 11.9 Å². The molecule has 158 valence electrons. The maximum Gasteiger partial charge on any atom is 0.338 e. The standard InChI is InChI=1S/C22H30N2O5/c1-3-28-21(26)17-12-18(22(27)29-4-2)14-19(13-17)24-15-20(25)23-11-10-16-8-6-5-7-9-16/h8,12-14,24H,3-7,9-11,15H2,1-2H3,(H,23,25). The van der Waals surface area contributed by atoms with E-state index in [9.17, 15) is 14.4 Å². The number of allylic oxidation sites excluding steroid dienone is 1. The molecule has 7 heteroatoms. The van der Waals surface area contributed by atoms with E-state index in [4.69, 9.17) is 9.47 Å². The topological polar surface area (TPSA) is 93.7 Å². The number of amides is 1. The van der Waals surface area contributed by atoms with Gasteiger partial charge in [0, 0.05) is 12.2 Å². The fourth-order valence-electron chi connectivity index (χ4n) is 3.13. The Morgan fingerprint density at radius 1 is 0.966 bits per heavy atom. The molecular weight excluding hydrogens is 372 g/mol. The van der Waals surface area contributed by atoms with Crippen molar-refractivity contribution in [1.29, 1.82) is 0 Å². The second-order valence-corrected chi connectivity index (χ2v) is 6.80. The Bertz CT molecular complexity index is 721. The summed E-state index contributed by atoms with van der Waals surface area (Å²) in [6.45, 7) is 4.50. The van der Waals surface area contributed by atoms with E-state index in [1.807, 2.05) is 0 Å². The van der Waals surface area contributed by atoms with Gasteiger partial charge in [-0.3, -0.25) is 4.79 Å². The van der Waals surface area contributed by atoms with Crippen molar-refractivity contribution in [2.75, 3.05) is 31.6 Å². The van der Waals surface area contributed by atoms with Crippen molar-refractivity contribution in [3.8, 4) is 0 Å². The molecule has 0 fully saturated rings. The number of carbonyl (C=O) groups is 3. The van der Waals surface area contributed by atoms with Gasteiger partial charge in [-0.1, -0.05) is 11.6 Å². The van der Waals surface area contributed by atoms with Crippen molar-refractivity contribution in [2.24, 2.45) is 0 Å². The Labute approximate surface area is 171 Å². The molecule has 0 radical (unpaired) electrons. The fraction of sp³-hybridized carbons (Fsp3) is 0.500. The van der Waals surface area contributed by atoms with Crippen LogP contribution in [0.25, 0.3) is 0 Å². The first-order valence-corrected chi connectivity index (χ1v) is 10.2. The van der Waals surface area contributed by atoms with Crippen molar-refractivity contribution < 1.29 is 23.9 Å². The van der Waals surface area contributed by atoms with Crippen LogP contribution in [-0.2, 0) is 14.3 Å². The fourth-order valence-corrected chi connectivity index (χ4v) is 3.13. The molecule has 0 unspecified atom stereocenters. The zero-order chi connectivity index (χ0) is 21.1. The van der Waals surface area contributed by atoms with Gasteiger partial charge in [0.2, 0.25) is 5.91 Å². The van der Waals surface area contributed by atoms with Crippen LogP contribution in [-0.4, -0.2) is 44.1 Å². The summed E-state index contributed by atoms with van der Waals surface area (Å²) < 4.78 is 10.0. The first kappa shape index (κ1) is 22.5. The van der Waals surface area contributed by atoms with Crippen molar-refractivity contribution >= 4 is 23.5 Å². The Morgan fingerprint density at radius 3 is 2.17 bits per heavy atom. The molecule has 0 bridgehead atoms. The lowest BCUT2D eigenvalue weighted by Gasteiger charge is -2.14. The van der Waals surface area contributed by atoms with Gasteiger partial charge in [0.15, 0.2) is 0 Å². The largest absolute Gasteiger partial charge is 0.462 e. The van der Waals surface area contributed by atoms with E-state index >= 15 is 0 Å². The average molecular weight is 402 g/mol. The van der Waals surface area contributed by atoms with Gasteiger partial charge in [0.1, 0.15) is 0 Å². The van der Waals surface area contributed by atoms with E-state index in [0.717, 1.165) is 19.3 Å². The second-order valence-electron chi connectivity index (χ2n) is 6.80. The number of benzene rings is 1. The summed E-state index contributed by atoms with van der Waals surface area (Å²) in [5, 5.41) is 5.86. The second kappa shape index (κ2) is 11.9. The number of carbonyl (C=O) groups excluding carboxylic acids is 3. The molecule has 29 heavy (non-hydrogen) atoms. The van der Waals surface area contributed by atoms with Gasteiger partial charge < -0.3 is 20.1 Å². The lowest BCUT2D eigenvalue weighted by molar-refractivity contribution is -0.119. The number of rotatable bonds is 10. The summed E-state index contributed by atoms with van der Waals surface area (Å²) in [5.41, 5.74) is 2.34. The van der Waals surface area contributed by atoms with Gasteiger partial charge in [0.05, 0.1) is 30.9 Å². The van der Waals surface area contributed by atoms with Gasteiger partial charge in [-0.25, -0.2) is 9.59 Å². The first-order valence-electron chi connectivity index (χ1n) is 10.2. The summed E-state index contributed by atoms with van der Waals surface area (Å²) in [5.74, 6) is -1.22. The van der Waals surface area contributed by atoms with E-state index in [2.05, 4.69) is 16.7 Å². The molecule has 1 amide bonds. The molecule has 0 spiro atoms. The minimum Gasteiger partial charge on any atom is -0.462 e. The van der Waals surface area contributed by atoms with E-state index in [0.29, 0.717) is 12.2 Å². The molecule has 2 rings (SSSR count). The molecule has 0 aromatic heterocycles. The van der Waals surface area contributed by atoms with E-state index < -0.39 is 11.9 Å². The van der Waals surface area contributed by atoms with Gasteiger partial charge in [-0.05, 0) is 64.2 Å². The monoisotopic (exact) mass is 402 g/mol. The number of hydrogen-bond donors (Lipinski definition) is 2. The number of hydrogen-bond acceptors (Lipinski definition) is 6. The van der Waals surface area contributed by atoms with Crippen molar-refractivity contribution in [3.63, 3.8) is 0 Å². The molecule has 0 aliphatic heterocycles. The van der Waals surface area contributed by atoms with Crippen molar-refractivity contribution in [3.05, 3.63) is 41.0 Å². The van der Waals surface area contributed by atoms with Crippen molar-refractivity contribution in [2.45, 2.75) is 46.0 Å². The van der Waals surface area contributed by atoms with E-state index in [1.54, 1.807) is 26.0 Å². The summed E-state index contributed by atoms with van der Waals surface area (Å²) in [6, 6.07) is 4.54. The average Bonchev–Trinajstić information content (AvgIpc) is 2.73. The predicted molar refractivity (Wildman–Crippen MR) is 111 cm³/mol. The molecule has 1 aliphatic carbocycles. The maximum atomic E-state index is 12.1. The van der Waals surface area contributed by atoms with Crippen LogP contribution in [0.3, 0.4) is 0 Å². The highest BCUT2D eigenvalue weighted by atomic mass is 16.5. The summed E-state index contributed by atoms with van der Waals surface area (Å²) in [4.78, 5) is 36.3. The quantitative estimate of drug-likeness (QED) is 0.460. The minimum absolute atomic E-state index is 0.0353. The van der Waals surface area contributed by atoms with Crippen LogP contribution in [0.5, 0.6) is 0 Å². The highest BCUT2D eigenvalue weighted by molar-refractivity contribution is 5.97. The number of anilines is 1. The Morgan fingerprint density at radius 2 is 1.62 bits per heavy atom. The van der Waals surface area contributed by atoms with Crippen LogP contribution in [0, 0.1) is 0 Å². The van der Waals surface area contributed by atoms with Crippen LogP contribution >= 0.6 is 0 Å². The lowest BCUT2D eigenvalue weighted by atomic mass is 9.97. The molecule has 0 saturated carbocycles. The van der Waals surface area contributed by atoms with E-state index in [-0.39, 0.29) is 36.8 Å². The number of ether oxygens (including phenoxy) is 2. The normalized spacial score (nSPS) is 13.2. The molecule has 1 aliphatic rings. The van der Waals surface area contributed by atoms with Gasteiger partial charge in [-0.15, -0.1) is 0 Å². The first-order chi connectivity index (χ1) is 14.0. The summed E-state index contributed by atoms with van der Waals surface area (Å²) >= 11 is 0. The third-order valence-corrected chi connectivity index (χ3v) is 4.56. The molecular formula is C22H30N2O5. The van der Waals surface area contributed by atoms with Crippen LogP contribution in [0.15, 0.2) is 29.8 Å². The Balaban J connectivity index is 1.94. The molecule has 2 N–H and O–H groups in total. The molecule has 7 nitrogen and oxygen atoms in total. The summed E-state index contributed by atoms with van der Waals surface area (Å²) in [7, 11) is 0. The molecule has 1 aromatic rings. The zero-order valence-electron chi connectivity index (χ0n) is 17.2. The SMILES string of the molecule is CCOC(=O)c1cc(NCC(=O)NCCC2=CCCCC2)cc(C(=O)OCC)c1. The Hall–Kier alpha value is -2.83. The van der Waals surface area contributed by atoms with Gasteiger partial charge in [0.25, 0.3) is 0 Å². The Kier molecular flexibility index (Phi) is 9.21. The number of esters is 2. The third kappa shape index (κ3) is 7.60. The highest BCUT2D eigenvalue weighted by Crippen LogP contribution is 2.19. The van der Waals surface area contributed by atoms with Crippen LogP contribution in [0.2, 0.25) is 0 Å². The number of nitrogens with one attached hydrogen (secondary N) is 2. The van der Waals surface area contributed by atoms with Crippen LogP contribution in [0.1, 0.15) is 66.7 Å². The highest BCUT2D eigenvalue weighted by Gasteiger charge is 2.15. The zero-order valence-corrected chi connectivity index (χ0v) is 17.2. The predicted octanol–water partition coefficient (Wildman–Crippen LogP) is 3.46. The smallest absolute Gasteiger partial charge is 0.338 e. The van der Waals surface area contributed by atoms with Crippen LogP contribution in [0.4, 0.5) is 5.69 Å². The lowest BCUT2D eigenvalue weighted by Crippen LogP contribution is -2.31. The van der Waals surface area contributed by atoms with E-state index in [1.165, 1.54) is 24.5 Å². The van der Waals surface area contributed by atoms with Crippen molar-refractivity contribution in [1.82, 2.24) is 5.32 Å². The summed E-state index contributed by atoms with van der Waals surface area (Å²) in [6.07, 6.45) is 7.86.